The number of aromatic nitrogens is 2. The SMILES string of the molecule is CCc1ccccc1NC(=S)N(Cc1cccnc1)Cc1cc2cccc(C)c2[nH]c1=O. The average Bonchev–Trinajstić information content (AvgIpc) is 2.81. The molecule has 0 aliphatic heterocycles. The molecule has 0 fully saturated rings. The number of aryl methyl sites for hydroxylation is 2. The summed E-state index contributed by atoms with van der Waals surface area (Å²) >= 11 is 5.81. The van der Waals surface area contributed by atoms with Gasteiger partial charge in [0.1, 0.15) is 0 Å². The summed E-state index contributed by atoms with van der Waals surface area (Å²) in [5.41, 5.74) is 5.69. The van der Waals surface area contributed by atoms with Gasteiger partial charge in [0.2, 0.25) is 0 Å². The minimum Gasteiger partial charge on any atom is -0.340 e. The van der Waals surface area contributed by atoms with Gasteiger partial charge in [-0.25, -0.2) is 0 Å². The minimum absolute atomic E-state index is 0.0975. The third kappa shape index (κ3) is 4.86. The van der Waals surface area contributed by atoms with Crippen molar-refractivity contribution in [1.29, 1.82) is 0 Å². The predicted molar refractivity (Wildman–Crippen MR) is 135 cm³/mol. The molecule has 2 heterocycles. The second-order valence-corrected chi connectivity index (χ2v) is 8.21. The number of aromatic amines is 1. The molecule has 4 rings (SSSR count). The molecular formula is C26H26N4OS. The first-order valence-corrected chi connectivity index (χ1v) is 11.1. The summed E-state index contributed by atoms with van der Waals surface area (Å²) in [5.74, 6) is 0. The molecule has 0 amide bonds. The lowest BCUT2D eigenvalue weighted by Crippen LogP contribution is -2.35. The molecule has 0 aliphatic rings. The van der Waals surface area contributed by atoms with Crippen molar-refractivity contribution in [2.45, 2.75) is 33.4 Å². The number of anilines is 1. The second-order valence-electron chi connectivity index (χ2n) is 7.82. The molecule has 162 valence electrons. The Morgan fingerprint density at radius 2 is 1.91 bits per heavy atom. The Labute approximate surface area is 193 Å². The van der Waals surface area contributed by atoms with Gasteiger partial charge in [0.05, 0.1) is 12.1 Å². The van der Waals surface area contributed by atoms with Crippen molar-refractivity contribution >= 4 is 33.9 Å². The van der Waals surface area contributed by atoms with Gasteiger partial charge in [-0.1, -0.05) is 49.4 Å². The fourth-order valence-electron chi connectivity index (χ4n) is 3.81. The van der Waals surface area contributed by atoms with Crippen LogP contribution in [0.2, 0.25) is 0 Å². The van der Waals surface area contributed by atoms with Gasteiger partial charge in [-0.05, 0) is 65.8 Å². The molecule has 0 spiro atoms. The topological polar surface area (TPSA) is 61.0 Å². The summed E-state index contributed by atoms with van der Waals surface area (Å²) in [6.07, 6.45) is 4.47. The Balaban J connectivity index is 1.66. The minimum atomic E-state index is -0.0975. The van der Waals surface area contributed by atoms with Crippen LogP contribution in [0.25, 0.3) is 10.9 Å². The summed E-state index contributed by atoms with van der Waals surface area (Å²) in [6.45, 7) is 5.04. The van der Waals surface area contributed by atoms with E-state index in [1.54, 1.807) is 6.20 Å². The van der Waals surface area contributed by atoms with E-state index < -0.39 is 0 Å². The average molecular weight is 443 g/mol. The van der Waals surface area contributed by atoms with Crippen molar-refractivity contribution in [2.75, 3.05) is 5.32 Å². The molecule has 32 heavy (non-hydrogen) atoms. The lowest BCUT2D eigenvalue weighted by molar-refractivity contribution is 0.410. The molecule has 0 saturated heterocycles. The van der Waals surface area contributed by atoms with Gasteiger partial charge in [-0.3, -0.25) is 9.78 Å². The fourth-order valence-corrected chi connectivity index (χ4v) is 4.05. The van der Waals surface area contributed by atoms with Gasteiger partial charge in [0.25, 0.3) is 5.56 Å². The number of nitrogens with one attached hydrogen (secondary N) is 2. The lowest BCUT2D eigenvalue weighted by Gasteiger charge is -2.26. The Bertz CT molecular complexity index is 1300. The molecule has 0 atom stereocenters. The van der Waals surface area contributed by atoms with Crippen LogP contribution in [0.3, 0.4) is 0 Å². The van der Waals surface area contributed by atoms with E-state index in [9.17, 15) is 4.79 Å². The van der Waals surface area contributed by atoms with Crippen LogP contribution in [-0.4, -0.2) is 20.0 Å². The third-order valence-electron chi connectivity index (χ3n) is 5.55. The van der Waals surface area contributed by atoms with Crippen LogP contribution in [0.1, 0.15) is 29.2 Å². The number of H-pyrrole nitrogens is 1. The number of fused-ring (bicyclic) bond motifs is 1. The Morgan fingerprint density at radius 1 is 1.06 bits per heavy atom. The Hall–Kier alpha value is -3.51. The summed E-state index contributed by atoms with van der Waals surface area (Å²) in [5, 5.41) is 4.97. The van der Waals surface area contributed by atoms with Gasteiger partial charge in [0, 0.05) is 30.2 Å². The quantitative estimate of drug-likeness (QED) is 0.402. The first kappa shape index (κ1) is 21.7. The maximum Gasteiger partial charge on any atom is 0.253 e. The van der Waals surface area contributed by atoms with Crippen molar-refractivity contribution in [3.05, 3.63) is 106 Å². The monoisotopic (exact) mass is 442 g/mol. The van der Waals surface area contributed by atoms with E-state index in [4.69, 9.17) is 12.2 Å². The molecule has 2 aromatic carbocycles. The van der Waals surface area contributed by atoms with Crippen molar-refractivity contribution < 1.29 is 0 Å². The largest absolute Gasteiger partial charge is 0.340 e. The molecule has 0 aliphatic carbocycles. The van der Waals surface area contributed by atoms with E-state index in [2.05, 4.69) is 28.3 Å². The van der Waals surface area contributed by atoms with Crippen LogP contribution in [0.4, 0.5) is 5.69 Å². The Kier molecular flexibility index (Phi) is 6.61. The lowest BCUT2D eigenvalue weighted by atomic mass is 10.1. The smallest absolute Gasteiger partial charge is 0.253 e. The van der Waals surface area contributed by atoms with Crippen LogP contribution >= 0.6 is 12.2 Å². The van der Waals surface area contributed by atoms with Gasteiger partial charge in [-0.2, -0.15) is 0 Å². The molecule has 2 N–H and O–H groups in total. The molecule has 0 bridgehead atoms. The number of nitrogens with zero attached hydrogens (tertiary/aromatic N) is 2. The van der Waals surface area contributed by atoms with Gasteiger partial charge >= 0.3 is 0 Å². The molecule has 0 unspecified atom stereocenters. The molecule has 0 radical (unpaired) electrons. The van der Waals surface area contributed by atoms with Crippen LogP contribution in [0.15, 0.2) is 77.9 Å². The van der Waals surface area contributed by atoms with Gasteiger partial charge in [0.15, 0.2) is 5.11 Å². The normalized spacial score (nSPS) is 10.8. The van der Waals surface area contributed by atoms with Crippen LogP contribution in [-0.2, 0) is 19.5 Å². The van der Waals surface area contributed by atoms with Crippen LogP contribution in [0.5, 0.6) is 0 Å². The van der Waals surface area contributed by atoms with E-state index in [1.807, 2.05) is 72.6 Å². The highest BCUT2D eigenvalue weighted by atomic mass is 32.1. The Morgan fingerprint density at radius 3 is 2.69 bits per heavy atom. The van der Waals surface area contributed by atoms with E-state index in [0.717, 1.165) is 34.1 Å². The zero-order valence-corrected chi connectivity index (χ0v) is 19.1. The number of hydrogen-bond acceptors (Lipinski definition) is 3. The van der Waals surface area contributed by atoms with E-state index in [1.165, 1.54) is 5.56 Å². The van der Waals surface area contributed by atoms with Crippen molar-refractivity contribution in [3.8, 4) is 0 Å². The predicted octanol–water partition coefficient (Wildman–Crippen LogP) is 5.19. The second kappa shape index (κ2) is 9.75. The van der Waals surface area contributed by atoms with Crippen molar-refractivity contribution in [1.82, 2.24) is 14.9 Å². The summed E-state index contributed by atoms with van der Waals surface area (Å²) in [6, 6.07) is 20.0. The zero-order valence-electron chi connectivity index (χ0n) is 18.3. The maximum absolute atomic E-state index is 12.9. The number of hydrogen-bond donors (Lipinski definition) is 2. The number of thiocarbonyl (C=S) groups is 1. The van der Waals surface area contributed by atoms with Crippen LogP contribution < -0.4 is 10.9 Å². The summed E-state index contributed by atoms with van der Waals surface area (Å²) < 4.78 is 0. The van der Waals surface area contributed by atoms with E-state index >= 15 is 0 Å². The van der Waals surface area contributed by atoms with Gasteiger partial charge < -0.3 is 15.2 Å². The molecule has 6 heteroatoms. The molecule has 5 nitrogen and oxygen atoms in total. The first-order valence-electron chi connectivity index (χ1n) is 10.7. The highest BCUT2D eigenvalue weighted by Crippen LogP contribution is 2.19. The first-order chi connectivity index (χ1) is 15.5. The molecule has 4 aromatic rings. The summed E-state index contributed by atoms with van der Waals surface area (Å²) in [7, 11) is 0. The van der Waals surface area contributed by atoms with Crippen molar-refractivity contribution in [3.63, 3.8) is 0 Å². The zero-order chi connectivity index (χ0) is 22.5. The van der Waals surface area contributed by atoms with E-state index in [0.29, 0.717) is 23.8 Å². The maximum atomic E-state index is 12.9. The third-order valence-corrected chi connectivity index (χ3v) is 5.91. The molecular weight excluding hydrogens is 416 g/mol. The number of para-hydroxylation sites is 2. The number of rotatable bonds is 6. The summed E-state index contributed by atoms with van der Waals surface area (Å²) in [4.78, 5) is 22.2. The number of pyridine rings is 2. The van der Waals surface area contributed by atoms with Crippen molar-refractivity contribution in [2.24, 2.45) is 0 Å². The number of benzene rings is 2. The highest BCUT2D eigenvalue weighted by Gasteiger charge is 2.16. The molecule has 0 saturated carbocycles. The standard InChI is InChI=1S/C26H26N4OS/c1-3-20-10-4-5-12-23(20)28-26(32)30(16-19-9-7-13-27-15-19)17-22-14-21-11-6-8-18(2)24(21)29-25(22)31/h4-15H,3,16-17H2,1-2H3,(H,28,32)(H,29,31). The fraction of sp³-hybridized carbons (Fsp3) is 0.192. The van der Waals surface area contributed by atoms with E-state index in [-0.39, 0.29) is 5.56 Å². The van der Waals surface area contributed by atoms with Crippen LogP contribution in [0, 0.1) is 6.92 Å². The highest BCUT2D eigenvalue weighted by molar-refractivity contribution is 7.80. The van der Waals surface area contributed by atoms with Gasteiger partial charge in [-0.15, -0.1) is 0 Å². The molecule has 2 aromatic heterocycles.